The van der Waals surface area contributed by atoms with Gasteiger partial charge >= 0.3 is 6.03 Å². The van der Waals surface area contributed by atoms with Gasteiger partial charge in [-0.05, 0) is 12.0 Å². The van der Waals surface area contributed by atoms with Gasteiger partial charge in [0.25, 0.3) is 0 Å². The van der Waals surface area contributed by atoms with Crippen LogP contribution in [0.4, 0.5) is 9.93 Å². The van der Waals surface area contributed by atoms with Gasteiger partial charge in [0.2, 0.25) is 0 Å². The van der Waals surface area contributed by atoms with Gasteiger partial charge < -0.3 is 10.4 Å². The smallest absolute Gasteiger partial charge is 0.321 e. The lowest BCUT2D eigenvalue weighted by Crippen LogP contribution is -2.39. The highest BCUT2D eigenvalue weighted by Gasteiger charge is 2.11. The molecule has 0 unspecified atom stereocenters. The van der Waals surface area contributed by atoms with Crippen LogP contribution < -0.4 is 10.6 Å². The van der Waals surface area contributed by atoms with E-state index in [1.165, 1.54) is 16.9 Å². The van der Waals surface area contributed by atoms with E-state index in [9.17, 15) is 4.79 Å². The number of hydrogen-bond donors (Lipinski definition) is 3. The summed E-state index contributed by atoms with van der Waals surface area (Å²) in [4.78, 5) is 16.1. The van der Waals surface area contributed by atoms with E-state index in [0.29, 0.717) is 11.6 Å². The number of nitrogens with one attached hydrogen (secondary N) is 2. The molecular weight excluding hydrogens is 286 g/mol. The highest BCUT2D eigenvalue weighted by atomic mass is 32.1. The van der Waals surface area contributed by atoms with Crippen molar-refractivity contribution in [2.24, 2.45) is 0 Å². The number of aromatic nitrogens is 1. The molecule has 6 heteroatoms. The van der Waals surface area contributed by atoms with E-state index in [-0.39, 0.29) is 18.7 Å². The Kier molecular flexibility index (Phi) is 5.71. The number of anilines is 1. The number of aliphatic hydroxyl groups is 1. The van der Waals surface area contributed by atoms with Crippen molar-refractivity contribution in [1.29, 1.82) is 0 Å². The SMILES string of the molecule is CC[C@@H](CO)NC(=O)Nc1nc(Cc2ccccc2)cs1. The summed E-state index contributed by atoms with van der Waals surface area (Å²) in [5.74, 6) is 0. The van der Waals surface area contributed by atoms with Crippen LogP contribution in [0.2, 0.25) is 0 Å². The maximum atomic E-state index is 11.7. The third-order valence-electron chi connectivity index (χ3n) is 3.05. The lowest BCUT2D eigenvalue weighted by atomic mass is 10.1. The topological polar surface area (TPSA) is 74.2 Å². The molecule has 0 aliphatic heterocycles. The second kappa shape index (κ2) is 7.75. The summed E-state index contributed by atoms with van der Waals surface area (Å²) in [5.41, 5.74) is 2.11. The van der Waals surface area contributed by atoms with Crippen LogP contribution in [-0.4, -0.2) is 28.8 Å². The normalized spacial score (nSPS) is 11.9. The number of nitrogens with zero attached hydrogens (tertiary/aromatic N) is 1. The first-order chi connectivity index (χ1) is 10.2. The molecule has 0 bridgehead atoms. The number of carbonyl (C=O) groups is 1. The molecule has 1 aromatic carbocycles. The number of aliphatic hydroxyl groups excluding tert-OH is 1. The van der Waals surface area contributed by atoms with Gasteiger partial charge in [0.05, 0.1) is 18.3 Å². The van der Waals surface area contributed by atoms with Crippen LogP contribution in [0.15, 0.2) is 35.7 Å². The number of hydrogen-bond acceptors (Lipinski definition) is 4. The first kappa shape index (κ1) is 15.5. The van der Waals surface area contributed by atoms with Crippen molar-refractivity contribution in [2.45, 2.75) is 25.8 Å². The van der Waals surface area contributed by atoms with Crippen LogP contribution in [-0.2, 0) is 6.42 Å². The van der Waals surface area contributed by atoms with Crippen molar-refractivity contribution in [2.75, 3.05) is 11.9 Å². The van der Waals surface area contributed by atoms with Gasteiger partial charge in [0.15, 0.2) is 5.13 Å². The van der Waals surface area contributed by atoms with Gasteiger partial charge in [-0.2, -0.15) is 0 Å². The number of urea groups is 1. The fourth-order valence-electron chi connectivity index (χ4n) is 1.85. The lowest BCUT2D eigenvalue weighted by Gasteiger charge is -2.13. The Bertz CT molecular complexity index is 567. The molecule has 21 heavy (non-hydrogen) atoms. The molecule has 0 radical (unpaired) electrons. The molecule has 112 valence electrons. The maximum Gasteiger partial charge on any atom is 0.321 e. The number of thiazole rings is 1. The third-order valence-corrected chi connectivity index (χ3v) is 3.86. The molecule has 0 saturated heterocycles. The Balaban J connectivity index is 1.89. The van der Waals surface area contributed by atoms with Gasteiger partial charge in [-0.3, -0.25) is 5.32 Å². The zero-order valence-corrected chi connectivity index (χ0v) is 12.7. The summed E-state index contributed by atoms with van der Waals surface area (Å²) in [6, 6.07) is 9.50. The number of rotatable bonds is 6. The van der Waals surface area contributed by atoms with E-state index in [4.69, 9.17) is 5.11 Å². The Hall–Kier alpha value is -1.92. The van der Waals surface area contributed by atoms with Crippen LogP contribution in [0.3, 0.4) is 0 Å². The Morgan fingerprint density at radius 3 is 2.81 bits per heavy atom. The molecule has 1 aromatic heterocycles. The van der Waals surface area contributed by atoms with Gasteiger partial charge in [-0.1, -0.05) is 37.3 Å². The highest BCUT2D eigenvalue weighted by molar-refractivity contribution is 7.13. The standard InChI is InChI=1S/C15H19N3O2S/c1-2-12(9-19)16-14(20)18-15-17-13(10-21-15)8-11-6-4-3-5-7-11/h3-7,10,12,19H,2,8-9H2,1H3,(H2,16,17,18,20)/t12-/m0/s1. The fourth-order valence-corrected chi connectivity index (χ4v) is 2.55. The highest BCUT2D eigenvalue weighted by Crippen LogP contribution is 2.18. The second-order valence-corrected chi connectivity index (χ2v) is 5.55. The number of benzene rings is 1. The number of carbonyl (C=O) groups excluding carboxylic acids is 1. The van der Waals surface area contributed by atoms with Crippen LogP contribution >= 0.6 is 11.3 Å². The van der Waals surface area contributed by atoms with Crippen LogP contribution in [0.25, 0.3) is 0 Å². The van der Waals surface area contributed by atoms with Crippen molar-refractivity contribution in [1.82, 2.24) is 10.3 Å². The van der Waals surface area contributed by atoms with E-state index in [1.54, 1.807) is 0 Å². The van der Waals surface area contributed by atoms with E-state index >= 15 is 0 Å². The van der Waals surface area contributed by atoms with Crippen LogP contribution in [0.5, 0.6) is 0 Å². The molecule has 0 spiro atoms. The first-order valence-corrected chi connectivity index (χ1v) is 7.76. The van der Waals surface area contributed by atoms with Crippen molar-refractivity contribution in [3.63, 3.8) is 0 Å². The molecule has 0 fully saturated rings. The van der Waals surface area contributed by atoms with E-state index < -0.39 is 0 Å². The van der Waals surface area contributed by atoms with E-state index in [2.05, 4.69) is 15.6 Å². The van der Waals surface area contributed by atoms with Gasteiger partial charge in [0, 0.05) is 11.8 Å². The average Bonchev–Trinajstić information content (AvgIpc) is 2.92. The predicted molar refractivity (Wildman–Crippen MR) is 84.7 cm³/mol. The third kappa shape index (κ3) is 4.84. The average molecular weight is 305 g/mol. The van der Waals surface area contributed by atoms with Gasteiger partial charge in [0.1, 0.15) is 0 Å². The minimum absolute atomic E-state index is 0.0684. The monoisotopic (exact) mass is 305 g/mol. The molecule has 2 amide bonds. The largest absolute Gasteiger partial charge is 0.394 e. The summed E-state index contributed by atoms with van der Waals surface area (Å²) in [5, 5.41) is 16.9. The van der Waals surface area contributed by atoms with Crippen LogP contribution in [0, 0.1) is 0 Å². The maximum absolute atomic E-state index is 11.7. The Labute approximate surface area is 128 Å². The van der Waals surface area contributed by atoms with Gasteiger partial charge in [-0.15, -0.1) is 11.3 Å². The summed E-state index contributed by atoms with van der Waals surface area (Å²) < 4.78 is 0. The van der Waals surface area contributed by atoms with Crippen molar-refractivity contribution in [3.05, 3.63) is 47.0 Å². The molecule has 1 atom stereocenters. The molecular formula is C15H19N3O2S. The Morgan fingerprint density at radius 2 is 2.14 bits per heavy atom. The first-order valence-electron chi connectivity index (χ1n) is 6.88. The lowest BCUT2D eigenvalue weighted by molar-refractivity contribution is 0.222. The molecule has 0 aliphatic rings. The molecule has 3 N–H and O–H groups in total. The molecule has 0 saturated carbocycles. The zero-order valence-electron chi connectivity index (χ0n) is 11.9. The van der Waals surface area contributed by atoms with E-state index in [1.807, 2.05) is 42.6 Å². The summed E-state index contributed by atoms with van der Waals surface area (Å²) in [6.07, 6.45) is 1.43. The van der Waals surface area contributed by atoms with Crippen LogP contribution in [0.1, 0.15) is 24.6 Å². The number of amides is 2. The molecule has 2 rings (SSSR count). The second-order valence-electron chi connectivity index (χ2n) is 4.69. The summed E-state index contributed by atoms with van der Waals surface area (Å²) >= 11 is 1.39. The quantitative estimate of drug-likeness (QED) is 0.768. The summed E-state index contributed by atoms with van der Waals surface area (Å²) in [6.45, 7) is 1.84. The van der Waals surface area contributed by atoms with Crippen molar-refractivity contribution < 1.29 is 9.90 Å². The van der Waals surface area contributed by atoms with E-state index in [0.717, 1.165) is 12.1 Å². The molecule has 2 aromatic rings. The molecule has 5 nitrogen and oxygen atoms in total. The molecule has 1 heterocycles. The minimum Gasteiger partial charge on any atom is -0.394 e. The molecule has 0 aliphatic carbocycles. The zero-order chi connectivity index (χ0) is 15.1. The van der Waals surface area contributed by atoms with Crippen molar-refractivity contribution >= 4 is 22.5 Å². The Morgan fingerprint density at radius 1 is 1.38 bits per heavy atom. The van der Waals surface area contributed by atoms with Gasteiger partial charge in [-0.25, -0.2) is 9.78 Å². The minimum atomic E-state index is -0.337. The summed E-state index contributed by atoms with van der Waals surface area (Å²) in [7, 11) is 0. The van der Waals surface area contributed by atoms with Crippen molar-refractivity contribution in [3.8, 4) is 0 Å². The predicted octanol–water partition coefficient (Wildman–Crippen LogP) is 2.63. The fraction of sp³-hybridized carbons (Fsp3) is 0.333.